The average molecular weight is 468 g/mol. The number of hydrogen-bond acceptors (Lipinski definition) is 5. The van der Waals surface area contributed by atoms with Gasteiger partial charge in [0.05, 0.1) is 28.1 Å². The lowest BCUT2D eigenvalue weighted by Gasteiger charge is -2.10. The van der Waals surface area contributed by atoms with Gasteiger partial charge in [0.2, 0.25) is 5.91 Å². The van der Waals surface area contributed by atoms with Gasteiger partial charge in [-0.3, -0.25) is 9.59 Å². The largest absolute Gasteiger partial charge is 0.478 e. The first-order valence-electron chi connectivity index (χ1n) is 9.44. The van der Waals surface area contributed by atoms with Crippen LogP contribution in [0.3, 0.4) is 0 Å². The molecule has 0 atom stereocenters. The number of carboxylic acid groups (broad SMARTS) is 2. The maximum Gasteiger partial charge on any atom is 0.336 e. The lowest BCUT2D eigenvalue weighted by molar-refractivity contribution is -0.113. The summed E-state index contributed by atoms with van der Waals surface area (Å²) < 4.78 is 13.6. The van der Waals surface area contributed by atoms with Gasteiger partial charge in [-0.2, -0.15) is 0 Å². The third-order valence-corrected chi connectivity index (χ3v) is 5.35. The number of halogens is 1. The molecular weight excluding hydrogens is 451 g/mol. The number of thioether (sulfide) groups is 1. The van der Waals surface area contributed by atoms with Gasteiger partial charge in [-0.15, -0.1) is 11.8 Å². The minimum Gasteiger partial charge on any atom is -0.478 e. The Labute approximate surface area is 191 Å². The molecule has 0 aliphatic carbocycles. The van der Waals surface area contributed by atoms with E-state index < -0.39 is 35.1 Å². The number of carboxylic acids is 2. The van der Waals surface area contributed by atoms with E-state index in [1.165, 1.54) is 18.2 Å². The van der Waals surface area contributed by atoms with Crippen LogP contribution in [-0.2, 0) is 4.79 Å². The van der Waals surface area contributed by atoms with E-state index in [0.717, 1.165) is 30.0 Å². The van der Waals surface area contributed by atoms with Gasteiger partial charge < -0.3 is 20.8 Å². The SMILES string of the molecule is O=C(CSc1cccc(NC(=O)c2ccc(C(=O)O)cc2C(=O)O)c1)Nc1ccccc1F. The van der Waals surface area contributed by atoms with Crippen molar-refractivity contribution in [3.05, 3.63) is 89.2 Å². The molecule has 0 aliphatic rings. The number of carbonyl (C=O) groups is 4. The van der Waals surface area contributed by atoms with Crippen molar-refractivity contribution in [2.75, 3.05) is 16.4 Å². The Kier molecular flexibility index (Phi) is 7.42. The Morgan fingerprint density at radius 3 is 2.27 bits per heavy atom. The van der Waals surface area contributed by atoms with E-state index in [9.17, 15) is 28.7 Å². The molecule has 33 heavy (non-hydrogen) atoms. The van der Waals surface area contributed by atoms with Crippen molar-refractivity contribution in [2.45, 2.75) is 4.90 Å². The van der Waals surface area contributed by atoms with E-state index in [0.29, 0.717) is 10.6 Å². The number of benzene rings is 3. The molecular formula is C23H17FN2O6S. The molecule has 168 valence electrons. The molecule has 0 bridgehead atoms. The van der Waals surface area contributed by atoms with E-state index in [2.05, 4.69) is 10.6 Å². The van der Waals surface area contributed by atoms with Crippen LogP contribution in [0, 0.1) is 5.82 Å². The van der Waals surface area contributed by atoms with Crippen LogP contribution >= 0.6 is 11.8 Å². The van der Waals surface area contributed by atoms with Crippen molar-refractivity contribution in [1.29, 1.82) is 0 Å². The lowest BCUT2D eigenvalue weighted by Crippen LogP contribution is -2.17. The van der Waals surface area contributed by atoms with Crippen molar-refractivity contribution in [1.82, 2.24) is 0 Å². The second kappa shape index (κ2) is 10.4. The Balaban J connectivity index is 1.67. The Bertz CT molecular complexity index is 1250. The fourth-order valence-corrected chi connectivity index (χ4v) is 3.57. The first-order valence-corrected chi connectivity index (χ1v) is 10.4. The molecule has 10 heteroatoms. The summed E-state index contributed by atoms with van der Waals surface area (Å²) in [7, 11) is 0. The fraction of sp³-hybridized carbons (Fsp3) is 0.0435. The highest BCUT2D eigenvalue weighted by Crippen LogP contribution is 2.23. The highest BCUT2D eigenvalue weighted by Gasteiger charge is 2.19. The predicted octanol–water partition coefficient (Wildman–Crippen LogP) is 4.21. The quantitative estimate of drug-likeness (QED) is 0.364. The number of amides is 2. The number of nitrogens with one attached hydrogen (secondary N) is 2. The average Bonchev–Trinajstić information content (AvgIpc) is 2.79. The molecule has 0 fully saturated rings. The van der Waals surface area contributed by atoms with Gasteiger partial charge in [-0.1, -0.05) is 18.2 Å². The highest BCUT2D eigenvalue weighted by molar-refractivity contribution is 8.00. The summed E-state index contributed by atoms with van der Waals surface area (Å²) in [4.78, 5) is 47.9. The maximum absolute atomic E-state index is 13.6. The highest BCUT2D eigenvalue weighted by atomic mass is 32.2. The summed E-state index contributed by atoms with van der Waals surface area (Å²) in [5, 5.41) is 23.4. The number of rotatable bonds is 8. The van der Waals surface area contributed by atoms with Gasteiger partial charge in [0.15, 0.2) is 0 Å². The first-order chi connectivity index (χ1) is 15.7. The Morgan fingerprint density at radius 2 is 1.58 bits per heavy atom. The van der Waals surface area contributed by atoms with Crippen LogP contribution in [0.4, 0.5) is 15.8 Å². The maximum atomic E-state index is 13.6. The minimum atomic E-state index is -1.44. The van der Waals surface area contributed by atoms with E-state index in [-0.39, 0.29) is 22.6 Å². The summed E-state index contributed by atoms with van der Waals surface area (Å²) in [5.74, 6) is -4.45. The van der Waals surface area contributed by atoms with Gasteiger partial charge >= 0.3 is 11.9 Å². The topological polar surface area (TPSA) is 133 Å². The molecule has 4 N–H and O–H groups in total. The number of para-hydroxylation sites is 1. The summed E-state index contributed by atoms with van der Waals surface area (Å²) >= 11 is 1.16. The fourth-order valence-electron chi connectivity index (χ4n) is 2.81. The third kappa shape index (κ3) is 6.17. The van der Waals surface area contributed by atoms with Crippen LogP contribution < -0.4 is 10.6 Å². The number of carbonyl (C=O) groups excluding carboxylic acids is 2. The standard InChI is InChI=1S/C23H17FN2O6S/c24-18-6-1-2-7-19(18)26-20(27)12-33-15-5-3-4-14(11-15)25-21(28)16-9-8-13(22(29)30)10-17(16)23(31)32/h1-11H,12H2,(H,25,28)(H,26,27)(H,29,30)(H,31,32). The molecule has 3 aromatic carbocycles. The molecule has 0 saturated carbocycles. The zero-order valence-corrected chi connectivity index (χ0v) is 17.7. The Hall–Kier alpha value is -4.18. The van der Waals surface area contributed by atoms with Crippen molar-refractivity contribution in [2.24, 2.45) is 0 Å². The molecule has 2 amide bonds. The first kappa shape index (κ1) is 23.5. The predicted molar refractivity (Wildman–Crippen MR) is 121 cm³/mol. The molecule has 0 aromatic heterocycles. The second-order valence-electron chi connectivity index (χ2n) is 6.67. The van der Waals surface area contributed by atoms with E-state index in [1.54, 1.807) is 30.3 Å². The lowest BCUT2D eigenvalue weighted by atomic mass is 10.0. The summed E-state index contributed by atoms with van der Waals surface area (Å²) in [5.41, 5.74) is -0.473. The van der Waals surface area contributed by atoms with Crippen molar-refractivity contribution >= 4 is 46.9 Å². The zero-order valence-electron chi connectivity index (χ0n) is 16.9. The number of aromatic carboxylic acids is 2. The van der Waals surface area contributed by atoms with Crippen LogP contribution in [0.15, 0.2) is 71.6 Å². The molecule has 0 saturated heterocycles. The molecule has 0 radical (unpaired) electrons. The molecule has 8 nitrogen and oxygen atoms in total. The van der Waals surface area contributed by atoms with E-state index >= 15 is 0 Å². The molecule has 3 rings (SSSR count). The normalized spacial score (nSPS) is 10.3. The van der Waals surface area contributed by atoms with Crippen LogP contribution in [0.5, 0.6) is 0 Å². The monoisotopic (exact) mass is 468 g/mol. The Morgan fingerprint density at radius 1 is 0.818 bits per heavy atom. The van der Waals surface area contributed by atoms with Crippen LogP contribution in [-0.4, -0.2) is 39.7 Å². The molecule has 0 unspecified atom stereocenters. The van der Waals surface area contributed by atoms with Crippen LogP contribution in [0.1, 0.15) is 31.1 Å². The van der Waals surface area contributed by atoms with Gasteiger partial charge in [0.1, 0.15) is 5.82 Å². The van der Waals surface area contributed by atoms with Crippen LogP contribution in [0.25, 0.3) is 0 Å². The van der Waals surface area contributed by atoms with Crippen molar-refractivity contribution < 1.29 is 33.8 Å². The van der Waals surface area contributed by atoms with Gasteiger partial charge in [0, 0.05) is 10.6 Å². The second-order valence-corrected chi connectivity index (χ2v) is 7.72. The molecule has 0 aliphatic heterocycles. The molecule has 0 heterocycles. The van der Waals surface area contributed by atoms with Gasteiger partial charge in [-0.05, 0) is 48.5 Å². The van der Waals surface area contributed by atoms with E-state index in [1.807, 2.05) is 0 Å². The summed E-state index contributed by atoms with van der Waals surface area (Å²) in [6, 6.07) is 15.5. The number of hydrogen-bond donors (Lipinski definition) is 4. The van der Waals surface area contributed by atoms with Crippen molar-refractivity contribution in [3.8, 4) is 0 Å². The van der Waals surface area contributed by atoms with Gasteiger partial charge in [-0.25, -0.2) is 14.0 Å². The summed E-state index contributed by atoms with van der Waals surface area (Å²) in [6.45, 7) is 0. The van der Waals surface area contributed by atoms with Crippen LogP contribution in [0.2, 0.25) is 0 Å². The molecule has 3 aromatic rings. The smallest absolute Gasteiger partial charge is 0.336 e. The zero-order chi connectivity index (χ0) is 24.0. The number of anilines is 2. The minimum absolute atomic E-state index is 0.00839. The summed E-state index contributed by atoms with van der Waals surface area (Å²) in [6.07, 6.45) is 0. The van der Waals surface area contributed by atoms with Gasteiger partial charge in [0.25, 0.3) is 5.91 Å². The third-order valence-electron chi connectivity index (χ3n) is 4.35. The molecule has 0 spiro atoms. The van der Waals surface area contributed by atoms with E-state index in [4.69, 9.17) is 5.11 Å². The van der Waals surface area contributed by atoms with Crippen molar-refractivity contribution in [3.63, 3.8) is 0 Å².